The second-order valence-corrected chi connectivity index (χ2v) is 2.23. The summed E-state index contributed by atoms with van der Waals surface area (Å²) in [5.41, 5.74) is 2.84. The summed E-state index contributed by atoms with van der Waals surface area (Å²) in [6.07, 6.45) is 8.76. The van der Waals surface area contributed by atoms with Crippen LogP contribution >= 0.6 is 0 Å². The highest BCUT2D eigenvalue weighted by Crippen LogP contribution is 2.01. The largest absolute Gasteiger partial charge is 0.417 e. The van der Waals surface area contributed by atoms with E-state index in [-0.39, 0.29) is 0 Å². The molecular weight excluding hydrogens is 114 g/mol. The van der Waals surface area contributed by atoms with E-state index in [1.54, 1.807) is 6.26 Å². The molecule has 0 atom stereocenters. The molecule has 1 rings (SSSR count). The Morgan fingerprint density at radius 3 is 3.22 bits per heavy atom. The van der Waals surface area contributed by atoms with Crippen LogP contribution < -0.4 is 5.48 Å². The lowest BCUT2D eigenvalue weighted by Crippen LogP contribution is -2.11. The standard InChI is InChI=1S/C7H13NO/c1-2-4-6-8-9-7-5-3-1/h5,7-8H,1-4,6H2/b7-5-. The minimum absolute atomic E-state index is 0.977. The molecule has 52 valence electrons. The number of hydroxylamine groups is 1. The predicted octanol–water partition coefficient (Wildman–Crippen LogP) is 1.60. The molecule has 1 aliphatic rings. The SMILES string of the molecule is C1=C\ONCCCCC/1. The van der Waals surface area contributed by atoms with Crippen LogP contribution in [0.5, 0.6) is 0 Å². The minimum atomic E-state index is 0.977. The highest BCUT2D eigenvalue weighted by Gasteiger charge is 1.89. The summed E-state index contributed by atoms with van der Waals surface area (Å²) >= 11 is 0. The van der Waals surface area contributed by atoms with Gasteiger partial charge in [0, 0.05) is 6.54 Å². The summed E-state index contributed by atoms with van der Waals surface area (Å²) in [5, 5.41) is 0. The fourth-order valence-corrected chi connectivity index (χ4v) is 0.859. The number of rotatable bonds is 0. The van der Waals surface area contributed by atoms with E-state index in [9.17, 15) is 0 Å². The molecule has 0 aromatic carbocycles. The van der Waals surface area contributed by atoms with Crippen LogP contribution in [0.1, 0.15) is 25.7 Å². The van der Waals surface area contributed by atoms with Gasteiger partial charge < -0.3 is 4.84 Å². The average Bonchev–Trinajstić information content (AvgIpc) is 2.00. The highest BCUT2D eigenvalue weighted by atomic mass is 16.6. The number of hydrogen-bond acceptors (Lipinski definition) is 2. The third-order valence-electron chi connectivity index (χ3n) is 1.40. The third-order valence-corrected chi connectivity index (χ3v) is 1.40. The summed E-state index contributed by atoms with van der Waals surface area (Å²) in [6.45, 7) is 0.977. The van der Waals surface area contributed by atoms with E-state index in [1.165, 1.54) is 19.3 Å². The molecule has 0 spiro atoms. The molecule has 9 heavy (non-hydrogen) atoms. The molecule has 0 aromatic heterocycles. The van der Waals surface area contributed by atoms with Crippen molar-refractivity contribution >= 4 is 0 Å². The van der Waals surface area contributed by atoms with Crippen LogP contribution in [0.3, 0.4) is 0 Å². The van der Waals surface area contributed by atoms with E-state index in [0.717, 1.165) is 13.0 Å². The Morgan fingerprint density at radius 2 is 2.22 bits per heavy atom. The summed E-state index contributed by atoms with van der Waals surface area (Å²) in [7, 11) is 0. The summed E-state index contributed by atoms with van der Waals surface area (Å²) in [5.74, 6) is 0. The molecule has 0 saturated heterocycles. The molecule has 1 heterocycles. The molecule has 1 aliphatic heterocycles. The van der Waals surface area contributed by atoms with Crippen LogP contribution in [0.2, 0.25) is 0 Å². The average molecular weight is 127 g/mol. The van der Waals surface area contributed by atoms with E-state index < -0.39 is 0 Å². The van der Waals surface area contributed by atoms with Gasteiger partial charge in [-0.05, 0) is 25.3 Å². The van der Waals surface area contributed by atoms with Crippen molar-refractivity contribution in [3.8, 4) is 0 Å². The molecule has 0 aliphatic carbocycles. The van der Waals surface area contributed by atoms with Gasteiger partial charge in [0.15, 0.2) is 0 Å². The number of allylic oxidation sites excluding steroid dienone is 1. The monoisotopic (exact) mass is 127 g/mol. The lowest BCUT2D eigenvalue weighted by molar-refractivity contribution is 0.134. The summed E-state index contributed by atoms with van der Waals surface area (Å²) in [4.78, 5) is 4.92. The molecule has 0 aromatic rings. The van der Waals surface area contributed by atoms with Gasteiger partial charge in [0.05, 0.1) is 0 Å². The maximum Gasteiger partial charge on any atom is 0.107 e. The van der Waals surface area contributed by atoms with E-state index in [2.05, 4.69) is 11.6 Å². The van der Waals surface area contributed by atoms with Crippen molar-refractivity contribution in [2.75, 3.05) is 6.54 Å². The molecule has 2 nitrogen and oxygen atoms in total. The lowest BCUT2D eigenvalue weighted by atomic mass is 10.2. The fraction of sp³-hybridized carbons (Fsp3) is 0.714. The highest BCUT2D eigenvalue weighted by molar-refractivity contribution is 4.73. The third kappa shape index (κ3) is 3.14. The minimum Gasteiger partial charge on any atom is -0.417 e. The zero-order valence-corrected chi connectivity index (χ0v) is 5.60. The molecule has 0 saturated carbocycles. The van der Waals surface area contributed by atoms with Crippen LogP contribution in [0, 0.1) is 0 Å². The van der Waals surface area contributed by atoms with Gasteiger partial charge in [0.1, 0.15) is 6.26 Å². The smallest absolute Gasteiger partial charge is 0.107 e. The zero-order chi connectivity index (χ0) is 6.36. The molecular formula is C7H13NO. The van der Waals surface area contributed by atoms with Gasteiger partial charge in [0.25, 0.3) is 0 Å². The number of nitrogens with one attached hydrogen (secondary N) is 1. The van der Waals surface area contributed by atoms with Crippen LogP contribution in [-0.2, 0) is 4.84 Å². The van der Waals surface area contributed by atoms with Gasteiger partial charge in [-0.1, -0.05) is 6.42 Å². The van der Waals surface area contributed by atoms with Crippen molar-refractivity contribution in [2.24, 2.45) is 0 Å². The van der Waals surface area contributed by atoms with Crippen LogP contribution in [0.15, 0.2) is 12.3 Å². The van der Waals surface area contributed by atoms with Crippen molar-refractivity contribution < 1.29 is 4.84 Å². The molecule has 0 unspecified atom stereocenters. The second-order valence-electron chi connectivity index (χ2n) is 2.23. The van der Waals surface area contributed by atoms with E-state index >= 15 is 0 Å². The first kappa shape index (κ1) is 6.62. The Morgan fingerprint density at radius 1 is 1.22 bits per heavy atom. The van der Waals surface area contributed by atoms with Gasteiger partial charge in [-0.2, -0.15) is 5.48 Å². The van der Waals surface area contributed by atoms with Gasteiger partial charge in [-0.3, -0.25) is 0 Å². The van der Waals surface area contributed by atoms with Crippen molar-refractivity contribution in [1.29, 1.82) is 0 Å². The first-order valence-corrected chi connectivity index (χ1v) is 3.53. The van der Waals surface area contributed by atoms with Crippen LogP contribution in [0.25, 0.3) is 0 Å². The topological polar surface area (TPSA) is 21.3 Å². The normalized spacial score (nSPS) is 24.9. The number of hydrogen-bond donors (Lipinski definition) is 1. The second kappa shape index (κ2) is 4.39. The van der Waals surface area contributed by atoms with Crippen LogP contribution in [-0.4, -0.2) is 6.54 Å². The molecule has 0 amide bonds. The quantitative estimate of drug-likeness (QED) is 0.533. The van der Waals surface area contributed by atoms with Crippen molar-refractivity contribution in [1.82, 2.24) is 5.48 Å². The molecule has 2 heteroatoms. The van der Waals surface area contributed by atoms with Gasteiger partial charge >= 0.3 is 0 Å². The van der Waals surface area contributed by atoms with Gasteiger partial charge in [0.2, 0.25) is 0 Å². The summed E-state index contributed by atoms with van der Waals surface area (Å²) in [6, 6.07) is 0. The summed E-state index contributed by atoms with van der Waals surface area (Å²) < 4.78 is 0. The van der Waals surface area contributed by atoms with E-state index in [1.807, 2.05) is 0 Å². The Kier molecular flexibility index (Phi) is 3.22. The maximum atomic E-state index is 4.92. The van der Waals surface area contributed by atoms with Crippen molar-refractivity contribution in [3.63, 3.8) is 0 Å². The van der Waals surface area contributed by atoms with E-state index in [4.69, 9.17) is 4.84 Å². The van der Waals surface area contributed by atoms with Crippen molar-refractivity contribution in [3.05, 3.63) is 12.3 Å². The van der Waals surface area contributed by atoms with Gasteiger partial charge in [-0.25, -0.2) is 0 Å². The van der Waals surface area contributed by atoms with Crippen molar-refractivity contribution in [2.45, 2.75) is 25.7 Å². The Balaban J connectivity index is 2.15. The lowest BCUT2D eigenvalue weighted by Gasteiger charge is -1.98. The predicted molar refractivity (Wildman–Crippen MR) is 36.7 cm³/mol. The molecule has 0 fully saturated rings. The zero-order valence-electron chi connectivity index (χ0n) is 5.60. The molecule has 0 radical (unpaired) electrons. The molecule has 1 N–H and O–H groups in total. The first-order chi connectivity index (χ1) is 4.50. The first-order valence-electron chi connectivity index (χ1n) is 3.53. The fourth-order valence-electron chi connectivity index (χ4n) is 0.859. The Bertz CT molecular complexity index is 80.9. The Hall–Kier alpha value is -0.500. The van der Waals surface area contributed by atoms with E-state index in [0.29, 0.717) is 0 Å². The Labute approximate surface area is 55.9 Å². The van der Waals surface area contributed by atoms with Crippen LogP contribution in [0.4, 0.5) is 0 Å². The maximum absolute atomic E-state index is 4.92. The molecule has 0 bridgehead atoms. The van der Waals surface area contributed by atoms with Gasteiger partial charge in [-0.15, -0.1) is 0 Å².